The molecule has 0 radical (unpaired) electrons. The summed E-state index contributed by atoms with van der Waals surface area (Å²) in [6, 6.07) is 0.839. The molecular weight excluding hydrogens is 204 g/mol. The van der Waals surface area contributed by atoms with Gasteiger partial charge in [0.15, 0.2) is 0 Å². The quantitative estimate of drug-likeness (QED) is 0.737. The smallest absolute Gasteiger partial charge is 0.325 e. The molecule has 0 bridgehead atoms. The highest BCUT2D eigenvalue weighted by Crippen LogP contribution is 2.26. The molecule has 0 spiro atoms. The number of rotatable bonds is 1. The molecule has 0 aliphatic carbocycles. The molecule has 1 aromatic carbocycles. The Kier molecular flexibility index (Phi) is 2.40. The lowest BCUT2D eigenvalue weighted by atomic mass is 9.94. The van der Waals surface area contributed by atoms with Gasteiger partial charge < -0.3 is 10.4 Å². The monoisotopic (exact) mass is 213 g/mol. The molecule has 2 N–H and O–H groups in total. The summed E-state index contributed by atoms with van der Waals surface area (Å²) in [5, 5.41) is 11.6. The molecule has 15 heavy (non-hydrogen) atoms. The summed E-state index contributed by atoms with van der Waals surface area (Å²) < 4.78 is 26.2. The molecule has 0 saturated heterocycles. The fourth-order valence-electron chi connectivity index (χ4n) is 1.82. The maximum atomic E-state index is 13.3. The van der Waals surface area contributed by atoms with E-state index in [1.807, 2.05) is 0 Å². The summed E-state index contributed by atoms with van der Waals surface area (Å²) in [7, 11) is 0. The Balaban J connectivity index is 2.55. The third-order valence-corrected chi connectivity index (χ3v) is 2.48. The first-order valence-corrected chi connectivity index (χ1v) is 4.53. The van der Waals surface area contributed by atoms with Gasteiger partial charge in [0.05, 0.1) is 0 Å². The first-order chi connectivity index (χ1) is 7.09. The highest BCUT2D eigenvalue weighted by atomic mass is 19.1. The fraction of sp³-hybridized carbons (Fsp3) is 0.300. The van der Waals surface area contributed by atoms with E-state index in [9.17, 15) is 13.6 Å². The summed E-state index contributed by atoms with van der Waals surface area (Å²) in [5.41, 5.74) is 0.480. The van der Waals surface area contributed by atoms with Crippen LogP contribution >= 0.6 is 0 Å². The zero-order valence-electron chi connectivity index (χ0n) is 7.76. The molecule has 0 fully saturated rings. The van der Waals surface area contributed by atoms with E-state index >= 15 is 0 Å². The average Bonchev–Trinajstić information content (AvgIpc) is 2.16. The van der Waals surface area contributed by atoms with Gasteiger partial charge in [-0.3, -0.25) is 4.79 Å². The Morgan fingerprint density at radius 2 is 2.20 bits per heavy atom. The van der Waals surface area contributed by atoms with E-state index in [1.54, 1.807) is 0 Å². The highest BCUT2D eigenvalue weighted by Gasteiger charge is 2.28. The minimum absolute atomic E-state index is 0.186. The Bertz CT molecular complexity index is 420. The molecule has 1 aliphatic heterocycles. The lowest BCUT2D eigenvalue weighted by Gasteiger charge is -2.24. The van der Waals surface area contributed by atoms with Crippen molar-refractivity contribution in [2.45, 2.75) is 12.5 Å². The summed E-state index contributed by atoms with van der Waals surface area (Å²) in [6.45, 7) is 0.381. The topological polar surface area (TPSA) is 49.3 Å². The number of aliphatic carboxylic acids is 1. The molecule has 0 aromatic heterocycles. The van der Waals surface area contributed by atoms with Crippen LogP contribution in [0.3, 0.4) is 0 Å². The van der Waals surface area contributed by atoms with Crippen molar-refractivity contribution in [3.8, 4) is 0 Å². The maximum absolute atomic E-state index is 13.3. The van der Waals surface area contributed by atoms with Crippen LogP contribution in [0.4, 0.5) is 8.78 Å². The van der Waals surface area contributed by atoms with E-state index in [2.05, 4.69) is 5.32 Å². The molecule has 0 saturated carbocycles. The first kappa shape index (κ1) is 10.0. The van der Waals surface area contributed by atoms with Crippen LogP contribution in [0.25, 0.3) is 0 Å². The lowest BCUT2D eigenvalue weighted by Crippen LogP contribution is -2.35. The van der Waals surface area contributed by atoms with Crippen LogP contribution in [0.5, 0.6) is 0 Å². The summed E-state index contributed by atoms with van der Waals surface area (Å²) >= 11 is 0. The van der Waals surface area contributed by atoms with Crippen LogP contribution < -0.4 is 5.32 Å². The van der Waals surface area contributed by atoms with E-state index in [-0.39, 0.29) is 5.56 Å². The molecule has 1 aromatic rings. The van der Waals surface area contributed by atoms with Crippen molar-refractivity contribution in [3.05, 3.63) is 34.9 Å². The van der Waals surface area contributed by atoms with Gasteiger partial charge in [-0.1, -0.05) is 0 Å². The lowest BCUT2D eigenvalue weighted by molar-refractivity contribution is -0.139. The number of hydrogen-bond acceptors (Lipinski definition) is 2. The minimum atomic E-state index is -1.12. The molecule has 1 unspecified atom stereocenters. The number of halogens is 2. The SMILES string of the molecule is O=C(O)C1NCCc2c(F)cc(F)cc21. The van der Waals surface area contributed by atoms with Crippen LogP contribution in [-0.4, -0.2) is 17.6 Å². The minimum Gasteiger partial charge on any atom is -0.480 e. The van der Waals surface area contributed by atoms with E-state index in [4.69, 9.17) is 5.11 Å². The molecule has 3 nitrogen and oxygen atoms in total. The number of carboxylic acid groups (broad SMARTS) is 1. The summed E-state index contributed by atoms with van der Waals surface area (Å²) in [4.78, 5) is 10.8. The fourth-order valence-corrected chi connectivity index (χ4v) is 1.82. The Morgan fingerprint density at radius 1 is 1.47 bits per heavy atom. The van der Waals surface area contributed by atoms with Gasteiger partial charge in [0.2, 0.25) is 0 Å². The predicted molar refractivity (Wildman–Crippen MR) is 48.4 cm³/mol. The second-order valence-corrected chi connectivity index (χ2v) is 3.43. The molecular formula is C10H9F2NO2. The van der Waals surface area contributed by atoms with Gasteiger partial charge in [0.1, 0.15) is 17.7 Å². The van der Waals surface area contributed by atoms with Gasteiger partial charge in [0, 0.05) is 12.6 Å². The van der Waals surface area contributed by atoms with Crippen LogP contribution in [0, 0.1) is 11.6 Å². The largest absolute Gasteiger partial charge is 0.480 e. The Labute approximate surface area is 84.7 Å². The zero-order chi connectivity index (χ0) is 11.0. The van der Waals surface area contributed by atoms with Crippen LogP contribution in [0.1, 0.15) is 17.2 Å². The predicted octanol–water partition coefficient (Wildman–Crippen LogP) is 1.24. The van der Waals surface area contributed by atoms with Crippen molar-refractivity contribution in [2.75, 3.05) is 6.54 Å². The third kappa shape index (κ3) is 1.70. The van der Waals surface area contributed by atoms with Crippen molar-refractivity contribution < 1.29 is 18.7 Å². The average molecular weight is 213 g/mol. The van der Waals surface area contributed by atoms with Gasteiger partial charge in [-0.05, 0) is 23.6 Å². The molecule has 5 heteroatoms. The van der Waals surface area contributed by atoms with Crippen molar-refractivity contribution >= 4 is 5.97 Å². The van der Waals surface area contributed by atoms with E-state index in [0.717, 1.165) is 12.1 Å². The molecule has 0 amide bonds. The number of fused-ring (bicyclic) bond motifs is 1. The van der Waals surface area contributed by atoms with Crippen LogP contribution in [-0.2, 0) is 11.2 Å². The Hall–Kier alpha value is -1.49. The van der Waals surface area contributed by atoms with Crippen molar-refractivity contribution in [3.63, 3.8) is 0 Å². The van der Waals surface area contributed by atoms with Gasteiger partial charge in [-0.15, -0.1) is 0 Å². The first-order valence-electron chi connectivity index (χ1n) is 4.53. The van der Waals surface area contributed by atoms with E-state index in [1.165, 1.54) is 0 Å². The third-order valence-electron chi connectivity index (χ3n) is 2.48. The second kappa shape index (κ2) is 3.58. The summed E-state index contributed by atoms with van der Waals surface area (Å²) in [6.07, 6.45) is 0.380. The Morgan fingerprint density at radius 3 is 2.87 bits per heavy atom. The number of nitrogens with one attached hydrogen (secondary N) is 1. The van der Waals surface area contributed by atoms with Gasteiger partial charge >= 0.3 is 5.97 Å². The number of benzene rings is 1. The van der Waals surface area contributed by atoms with Crippen LogP contribution in [0.2, 0.25) is 0 Å². The molecule has 1 aliphatic rings. The van der Waals surface area contributed by atoms with E-state index < -0.39 is 23.6 Å². The molecule has 2 rings (SSSR count). The molecule has 80 valence electrons. The van der Waals surface area contributed by atoms with Gasteiger partial charge in [-0.25, -0.2) is 8.78 Å². The van der Waals surface area contributed by atoms with E-state index in [0.29, 0.717) is 18.5 Å². The number of carboxylic acids is 1. The summed E-state index contributed by atoms with van der Waals surface area (Å²) in [5.74, 6) is -2.54. The zero-order valence-corrected chi connectivity index (χ0v) is 7.76. The second-order valence-electron chi connectivity index (χ2n) is 3.43. The highest BCUT2D eigenvalue weighted by molar-refractivity contribution is 5.76. The van der Waals surface area contributed by atoms with Crippen LogP contribution in [0.15, 0.2) is 12.1 Å². The van der Waals surface area contributed by atoms with Crippen molar-refractivity contribution in [1.82, 2.24) is 5.32 Å². The van der Waals surface area contributed by atoms with Crippen molar-refractivity contribution in [2.24, 2.45) is 0 Å². The van der Waals surface area contributed by atoms with Gasteiger partial charge in [0.25, 0.3) is 0 Å². The standard InChI is InChI=1S/C10H9F2NO2/c11-5-3-7-6(8(12)4-5)1-2-13-9(7)10(14)15/h3-4,9,13H,1-2H2,(H,14,15). The number of hydrogen-bond donors (Lipinski definition) is 2. The molecule has 1 heterocycles. The normalized spacial score (nSPS) is 19.7. The van der Waals surface area contributed by atoms with Gasteiger partial charge in [-0.2, -0.15) is 0 Å². The number of carbonyl (C=O) groups is 1. The van der Waals surface area contributed by atoms with Crippen molar-refractivity contribution in [1.29, 1.82) is 0 Å². The molecule has 1 atom stereocenters. The maximum Gasteiger partial charge on any atom is 0.325 e.